The van der Waals surface area contributed by atoms with E-state index in [4.69, 9.17) is 0 Å². The van der Waals surface area contributed by atoms with Crippen LogP contribution in [0.15, 0.2) is 24.5 Å². The van der Waals surface area contributed by atoms with Crippen LogP contribution in [0.25, 0.3) is 0 Å². The third-order valence-electron chi connectivity index (χ3n) is 4.19. The molecule has 20 heavy (non-hydrogen) atoms. The van der Waals surface area contributed by atoms with Crippen LogP contribution < -0.4 is 0 Å². The molecule has 2 heterocycles. The van der Waals surface area contributed by atoms with Gasteiger partial charge >= 0.3 is 0 Å². The minimum atomic E-state index is 0.799. The highest BCUT2D eigenvalue weighted by molar-refractivity contribution is 4.90. The van der Waals surface area contributed by atoms with E-state index in [2.05, 4.69) is 59.8 Å². The molecule has 1 saturated heterocycles. The first-order valence-electron chi connectivity index (χ1n) is 8.15. The van der Waals surface area contributed by atoms with Crippen LogP contribution in [-0.2, 0) is 6.54 Å². The molecule has 1 aromatic rings. The third-order valence-corrected chi connectivity index (χ3v) is 4.19. The number of likely N-dealkylation sites (tertiary alicyclic amines) is 1. The van der Waals surface area contributed by atoms with E-state index in [-0.39, 0.29) is 0 Å². The van der Waals surface area contributed by atoms with Crippen molar-refractivity contribution in [2.75, 3.05) is 39.8 Å². The third kappa shape index (κ3) is 5.29. The second kappa shape index (κ2) is 7.84. The van der Waals surface area contributed by atoms with Crippen LogP contribution in [-0.4, -0.2) is 54.1 Å². The van der Waals surface area contributed by atoms with Gasteiger partial charge in [-0.3, -0.25) is 0 Å². The van der Waals surface area contributed by atoms with Crippen LogP contribution >= 0.6 is 0 Å². The van der Waals surface area contributed by atoms with Crippen molar-refractivity contribution in [1.29, 1.82) is 0 Å². The van der Waals surface area contributed by atoms with E-state index in [9.17, 15) is 0 Å². The Bertz CT molecular complexity index is 358. The largest absolute Gasteiger partial charge is 0.354 e. The Morgan fingerprint density at radius 1 is 1.25 bits per heavy atom. The molecular weight excluding hydrogens is 246 g/mol. The summed E-state index contributed by atoms with van der Waals surface area (Å²) in [5, 5.41) is 0. The molecule has 0 aliphatic carbocycles. The Kier molecular flexibility index (Phi) is 6.11. The molecule has 0 N–H and O–H groups in total. The molecule has 1 unspecified atom stereocenters. The summed E-state index contributed by atoms with van der Waals surface area (Å²) in [5.74, 6) is 1.68. The summed E-state index contributed by atoms with van der Waals surface area (Å²) in [6.07, 6.45) is 6.93. The Hall–Kier alpha value is -0.800. The second-order valence-electron chi connectivity index (χ2n) is 6.84. The van der Waals surface area contributed by atoms with E-state index >= 15 is 0 Å². The Labute approximate surface area is 124 Å². The summed E-state index contributed by atoms with van der Waals surface area (Å²) in [7, 11) is 2.28. The summed E-state index contributed by atoms with van der Waals surface area (Å²) in [6.45, 7) is 12.1. The van der Waals surface area contributed by atoms with Crippen LogP contribution in [0.2, 0.25) is 0 Å². The monoisotopic (exact) mass is 277 g/mol. The zero-order valence-corrected chi connectivity index (χ0v) is 13.5. The molecule has 0 saturated carbocycles. The standard InChI is InChI=1S/C17H31N3/c1-16(2)13-20-12-7-17(15-20)14-18(3)8-6-11-19-9-4-5-10-19/h4-5,9-10,16-17H,6-8,11-15H2,1-3H3. The summed E-state index contributed by atoms with van der Waals surface area (Å²) < 4.78 is 2.27. The van der Waals surface area contributed by atoms with Gasteiger partial charge in [0.25, 0.3) is 0 Å². The van der Waals surface area contributed by atoms with Crippen molar-refractivity contribution in [2.24, 2.45) is 11.8 Å². The van der Waals surface area contributed by atoms with Crippen LogP contribution in [0.4, 0.5) is 0 Å². The van der Waals surface area contributed by atoms with Crippen LogP contribution in [0.1, 0.15) is 26.7 Å². The van der Waals surface area contributed by atoms with E-state index in [0.717, 1.165) is 18.4 Å². The van der Waals surface area contributed by atoms with Gasteiger partial charge in [-0.1, -0.05) is 13.8 Å². The average Bonchev–Trinajstić information content (AvgIpc) is 3.00. The Morgan fingerprint density at radius 3 is 2.70 bits per heavy atom. The van der Waals surface area contributed by atoms with E-state index in [0.29, 0.717) is 0 Å². The Balaban J connectivity index is 1.59. The van der Waals surface area contributed by atoms with Gasteiger partial charge in [0, 0.05) is 38.6 Å². The molecule has 0 bridgehead atoms. The van der Waals surface area contributed by atoms with E-state index in [1.165, 1.54) is 45.6 Å². The quantitative estimate of drug-likeness (QED) is 0.724. The highest BCUT2D eigenvalue weighted by Crippen LogP contribution is 2.18. The lowest BCUT2D eigenvalue weighted by atomic mass is 10.1. The first kappa shape index (κ1) is 15.6. The number of rotatable bonds is 8. The highest BCUT2D eigenvalue weighted by atomic mass is 15.2. The van der Waals surface area contributed by atoms with Crippen molar-refractivity contribution >= 4 is 0 Å². The smallest absolute Gasteiger partial charge is 0.0231 e. The number of nitrogens with zero attached hydrogens (tertiary/aromatic N) is 3. The van der Waals surface area contributed by atoms with Crippen molar-refractivity contribution in [2.45, 2.75) is 33.2 Å². The molecule has 0 spiro atoms. The van der Waals surface area contributed by atoms with E-state index < -0.39 is 0 Å². The van der Waals surface area contributed by atoms with Gasteiger partial charge in [-0.25, -0.2) is 0 Å². The lowest BCUT2D eigenvalue weighted by Gasteiger charge is -2.22. The van der Waals surface area contributed by atoms with Gasteiger partial charge in [-0.05, 0) is 56.9 Å². The predicted molar refractivity (Wildman–Crippen MR) is 85.9 cm³/mol. The van der Waals surface area contributed by atoms with E-state index in [1.807, 2.05) is 0 Å². The number of aromatic nitrogens is 1. The first-order valence-corrected chi connectivity index (χ1v) is 8.15. The fraction of sp³-hybridized carbons (Fsp3) is 0.765. The maximum Gasteiger partial charge on any atom is 0.0231 e. The fourth-order valence-corrected chi connectivity index (χ4v) is 3.32. The number of hydrogen-bond donors (Lipinski definition) is 0. The highest BCUT2D eigenvalue weighted by Gasteiger charge is 2.23. The first-order chi connectivity index (χ1) is 9.63. The topological polar surface area (TPSA) is 11.4 Å². The summed E-state index contributed by atoms with van der Waals surface area (Å²) in [4.78, 5) is 5.16. The van der Waals surface area contributed by atoms with Gasteiger partial charge in [0.15, 0.2) is 0 Å². The second-order valence-corrected chi connectivity index (χ2v) is 6.84. The van der Waals surface area contributed by atoms with E-state index in [1.54, 1.807) is 0 Å². The van der Waals surface area contributed by atoms with Crippen LogP contribution in [0.5, 0.6) is 0 Å². The normalized spacial score (nSPS) is 20.4. The van der Waals surface area contributed by atoms with Gasteiger partial charge < -0.3 is 14.4 Å². The minimum absolute atomic E-state index is 0.799. The zero-order chi connectivity index (χ0) is 14.4. The molecule has 1 aliphatic rings. The number of aryl methyl sites for hydroxylation is 1. The molecule has 2 rings (SSSR count). The van der Waals surface area contributed by atoms with Gasteiger partial charge in [-0.15, -0.1) is 0 Å². The average molecular weight is 277 g/mol. The van der Waals surface area contributed by atoms with Gasteiger partial charge in [0.2, 0.25) is 0 Å². The molecule has 0 amide bonds. The molecule has 3 heteroatoms. The van der Waals surface area contributed by atoms with Crippen LogP contribution in [0.3, 0.4) is 0 Å². The van der Waals surface area contributed by atoms with Crippen LogP contribution in [0, 0.1) is 11.8 Å². The predicted octanol–water partition coefficient (Wildman–Crippen LogP) is 2.79. The molecule has 1 aromatic heterocycles. The maximum atomic E-state index is 2.64. The lowest BCUT2D eigenvalue weighted by Crippen LogP contribution is -2.30. The summed E-state index contributed by atoms with van der Waals surface area (Å²) >= 11 is 0. The number of hydrogen-bond acceptors (Lipinski definition) is 2. The van der Waals surface area contributed by atoms with Crippen molar-refractivity contribution < 1.29 is 0 Å². The minimum Gasteiger partial charge on any atom is -0.354 e. The summed E-state index contributed by atoms with van der Waals surface area (Å²) in [6, 6.07) is 4.21. The van der Waals surface area contributed by atoms with Gasteiger partial charge in [-0.2, -0.15) is 0 Å². The maximum absolute atomic E-state index is 2.64. The van der Waals surface area contributed by atoms with Crippen molar-refractivity contribution in [3.8, 4) is 0 Å². The fourth-order valence-electron chi connectivity index (χ4n) is 3.32. The summed E-state index contributed by atoms with van der Waals surface area (Å²) in [5.41, 5.74) is 0. The molecule has 3 nitrogen and oxygen atoms in total. The molecule has 1 aliphatic heterocycles. The molecule has 114 valence electrons. The lowest BCUT2D eigenvalue weighted by molar-refractivity contribution is 0.247. The molecular formula is C17H31N3. The van der Waals surface area contributed by atoms with Gasteiger partial charge in [0.1, 0.15) is 0 Å². The molecule has 0 aromatic carbocycles. The van der Waals surface area contributed by atoms with Crippen molar-refractivity contribution in [3.63, 3.8) is 0 Å². The van der Waals surface area contributed by atoms with Crippen molar-refractivity contribution in [3.05, 3.63) is 24.5 Å². The molecule has 1 atom stereocenters. The van der Waals surface area contributed by atoms with Crippen molar-refractivity contribution in [1.82, 2.24) is 14.4 Å². The zero-order valence-electron chi connectivity index (χ0n) is 13.5. The van der Waals surface area contributed by atoms with Gasteiger partial charge in [0.05, 0.1) is 0 Å². The molecule has 0 radical (unpaired) electrons. The SMILES string of the molecule is CC(C)CN1CCC(CN(C)CCCn2cccc2)C1. The molecule has 1 fully saturated rings. The Morgan fingerprint density at radius 2 is 2.00 bits per heavy atom.